The van der Waals surface area contributed by atoms with Crippen molar-refractivity contribution >= 4 is 6.21 Å². The Morgan fingerprint density at radius 1 is 1.25 bits per heavy atom. The third-order valence-corrected chi connectivity index (χ3v) is 1.21. The highest BCUT2D eigenvalue weighted by molar-refractivity contribution is 5.58. The molecule has 0 aliphatic heterocycles. The average Bonchev–Trinajstić information content (AvgIpc) is 2.14. The summed E-state index contributed by atoms with van der Waals surface area (Å²) in [5.41, 5.74) is 1.14. The van der Waals surface area contributed by atoms with E-state index in [-0.39, 0.29) is 0 Å². The van der Waals surface area contributed by atoms with Gasteiger partial charge in [-0.15, -0.1) is 0 Å². The van der Waals surface area contributed by atoms with Crippen molar-refractivity contribution in [1.82, 2.24) is 0 Å². The van der Waals surface area contributed by atoms with Gasteiger partial charge in [-0.05, 0) is 19.8 Å². The number of allylic oxidation sites excluding steroid dienone is 2. The molecular weight excluding hydrogens is 146 g/mol. The van der Waals surface area contributed by atoms with Crippen LogP contribution in [0.1, 0.15) is 53.9 Å². The van der Waals surface area contributed by atoms with E-state index < -0.39 is 0 Å². The molecule has 0 atom stereocenters. The number of rotatable bonds is 4. The molecule has 0 rings (SSSR count). The molecule has 0 aromatic carbocycles. The highest BCUT2D eigenvalue weighted by Gasteiger charge is 1.79. The molecular formula is C11H23N. The smallest absolute Gasteiger partial charge is 0.0328 e. The van der Waals surface area contributed by atoms with Crippen LogP contribution in [0.5, 0.6) is 0 Å². The van der Waals surface area contributed by atoms with Gasteiger partial charge >= 0.3 is 0 Å². The summed E-state index contributed by atoms with van der Waals surface area (Å²) in [6.07, 6.45) is 7.50. The Morgan fingerprint density at radius 2 is 1.83 bits per heavy atom. The van der Waals surface area contributed by atoms with E-state index >= 15 is 0 Å². The van der Waals surface area contributed by atoms with Crippen LogP contribution < -0.4 is 0 Å². The molecule has 0 spiro atoms. The molecule has 0 aliphatic carbocycles. The van der Waals surface area contributed by atoms with Crippen LogP contribution in [0, 0.1) is 0 Å². The van der Waals surface area contributed by atoms with Crippen LogP contribution in [0.15, 0.2) is 16.8 Å². The summed E-state index contributed by atoms with van der Waals surface area (Å²) in [5.74, 6) is 0. The highest BCUT2D eigenvalue weighted by atomic mass is 14.7. The first-order valence-corrected chi connectivity index (χ1v) is 5.00. The molecule has 0 aromatic rings. The zero-order valence-corrected chi connectivity index (χ0v) is 9.22. The molecule has 0 aliphatic rings. The lowest BCUT2D eigenvalue weighted by Crippen LogP contribution is -1.72. The van der Waals surface area contributed by atoms with Gasteiger partial charge in [0, 0.05) is 11.9 Å². The van der Waals surface area contributed by atoms with E-state index in [1.807, 2.05) is 27.0 Å². The lowest BCUT2D eigenvalue weighted by atomic mass is 10.3. The van der Waals surface area contributed by atoms with Gasteiger partial charge in [-0.25, -0.2) is 0 Å². The molecule has 12 heavy (non-hydrogen) atoms. The molecule has 0 aromatic heterocycles. The van der Waals surface area contributed by atoms with E-state index in [0.717, 1.165) is 18.5 Å². The maximum Gasteiger partial charge on any atom is 0.0328 e. The Labute approximate surface area is 77.6 Å². The van der Waals surface area contributed by atoms with E-state index in [4.69, 9.17) is 0 Å². The molecule has 0 amide bonds. The fourth-order valence-electron chi connectivity index (χ4n) is 0.641. The third kappa shape index (κ3) is 12.1. The summed E-state index contributed by atoms with van der Waals surface area (Å²) in [4.78, 5) is 4.22. The van der Waals surface area contributed by atoms with Gasteiger partial charge in [0.2, 0.25) is 0 Å². The Bertz CT molecular complexity index is 123. The second-order valence-corrected chi connectivity index (χ2v) is 2.35. The summed E-state index contributed by atoms with van der Waals surface area (Å²) in [6.45, 7) is 10.3. The van der Waals surface area contributed by atoms with Crippen LogP contribution in [0.25, 0.3) is 0 Å². The zero-order valence-electron chi connectivity index (χ0n) is 9.22. The quantitative estimate of drug-likeness (QED) is 0.559. The zero-order chi connectivity index (χ0) is 9.82. The van der Waals surface area contributed by atoms with Crippen molar-refractivity contribution < 1.29 is 0 Å². The summed E-state index contributed by atoms with van der Waals surface area (Å²) in [6, 6.07) is 0. The van der Waals surface area contributed by atoms with Crippen molar-refractivity contribution in [2.45, 2.75) is 53.9 Å². The lowest BCUT2D eigenvalue weighted by molar-refractivity contribution is 0.945. The monoisotopic (exact) mass is 169 g/mol. The summed E-state index contributed by atoms with van der Waals surface area (Å²) in [5, 5.41) is 0. The van der Waals surface area contributed by atoms with Crippen molar-refractivity contribution in [2.24, 2.45) is 4.99 Å². The normalized spacial score (nSPS) is 11.2. The average molecular weight is 169 g/mol. The maximum absolute atomic E-state index is 4.22. The third-order valence-electron chi connectivity index (χ3n) is 1.21. The maximum atomic E-state index is 4.22. The van der Waals surface area contributed by atoms with Gasteiger partial charge in [-0.2, -0.15) is 0 Å². The van der Waals surface area contributed by atoms with Crippen molar-refractivity contribution in [1.29, 1.82) is 0 Å². The summed E-state index contributed by atoms with van der Waals surface area (Å²) >= 11 is 0. The minimum Gasteiger partial charge on any atom is -0.266 e. The number of hydrogen-bond donors (Lipinski definition) is 0. The SMILES string of the molecule is CC.CCC=N/C(C)=C/CCC. The largest absolute Gasteiger partial charge is 0.266 e. The van der Waals surface area contributed by atoms with Gasteiger partial charge in [0.15, 0.2) is 0 Å². The highest BCUT2D eigenvalue weighted by Crippen LogP contribution is 1.98. The second-order valence-electron chi connectivity index (χ2n) is 2.35. The first kappa shape index (κ1) is 14.0. The van der Waals surface area contributed by atoms with Gasteiger partial charge in [-0.3, -0.25) is 4.99 Å². The topological polar surface area (TPSA) is 12.4 Å². The molecule has 0 N–H and O–H groups in total. The molecule has 0 saturated heterocycles. The molecule has 1 nitrogen and oxygen atoms in total. The molecule has 0 radical (unpaired) electrons. The van der Waals surface area contributed by atoms with Gasteiger partial charge in [-0.1, -0.05) is 40.2 Å². The van der Waals surface area contributed by atoms with Crippen molar-refractivity contribution in [2.75, 3.05) is 0 Å². The number of nitrogens with zero attached hydrogens (tertiary/aromatic N) is 1. The Kier molecular flexibility index (Phi) is 15.2. The first-order chi connectivity index (χ1) is 5.81. The minimum absolute atomic E-state index is 1.03. The fraction of sp³-hybridized carbons (Fsp3) is 0.727. The van der Waals surface area contributed by atoms with Crippen LogP contribution in [0.3, 0.4) is 0 Å². The van der Waals surface area contributed by atoms with Crippen molar-refractivity contribution in [3.63, 3.8) is 0 Å². The van der Waals surface area contributed by atoms with E-state index in [1.165, 1.54) is 6.42 Å². The number of unbranched alkanes of at least 4 members (excludes halogenated alkanes) is 1. The molecule has 0 unspecified atom stereocenters. The van der Waals surface area contributed by atoms with Crippen LogP contribution >= 0.6 is 0 Å². The molecule has 0 bridgehead atoms. The summed E-state index contributed by atoms with van der Waals surface area (Å²) < 4.78 is 0. The van der Waals surface area contributed by atoms with Gasteiger partial charge in [0.1, 0.15) is 0 Å². The predicted octanol–water partition coefficient (Wildman–Crippen LogP) is 4.20. The van der Waals surface area contributed by atoms with E-state index in [0.29, 0.717) is 0 Å². The lowest BCUT2D eigenvalue weighted by Gasteiger charge is -1.89. The molecule has 72 valence electrons. The number of hydrogen-bond acceptors (Lipinski definition) is 1. The minimum atomic E-state index is 1.03. The molecule has 1 heteroatoms. The van der Waals surface area contributed by atoms with Crippen LogP contribution in [-0.4, -0.2) is 6.21 Å². The standard InChI is InChI=1S/C9H17N.C2H6/c1-4-6-7-9(3)10-8-5-2;1-2/h7-8H,4-6H2,1-3H3;1-2H3/b9-7+,10-8?;. The number of aliphatic imine (C=N–C) groups is 1. The van der Waals surface area contributed by atoms with Crippen LogP contribution in [0.2, 0.25) is 0 Å². The van der Waals surface area contributed by atoms with Crippen molar-refractivity contribution in [3.8, 4) is 0 Å². The van der Waals surface area contributed by atoms with Crippen LogP contribution in [0.4, 0.5) is 0 Å². The van der Waals surface area contributed by atoms with E-state index in [1.54, 1.807) is 0 Å². The van der Waals surface area contributed by atoms with E-state index in [9.17, 15) is 0 Å². The van der Waals surface area contributed by atoms with Crippen LogP contribution in [-0.2, 0) is 0 Å². The fourth-order valence-corrected chi connectivity index (χ4v) is 0.641. The summed E-state index contributed by atoms with van der Waals surface area (Å²) in [7, 11) is 0. The Hall–Kier alpha value is -0.590. The molecule has 0 heterocycles. The molecule has 0 fully saturated rings. The second kappa shape index (κ2) is 13.0. The van der Waals surface area contributed by atoms with Gasteiger partial charge in [0.25, 0.3) is 0 Å². The predicted molar refractivity (Wildman–Crippen MR) is 58.8 cm³/mol. The molecule has 0 saturated carbocycles. The Morgan fingerprint density at radius 3 is 2.25 bits per heavy atom. The Balaban J connectivity index is 0. The van der Waals surface area contributed by atoms with Gasteiger partial charge in [0.05, 0.1) is 0 Å². The van der Waals surface area contributed by atoms with E-state index in [2.05, 4.69) is 24.9 Å². The first-order valence-electron chi connectivity index (χ1n) is 5.00. The van der Waals surface area contributed by atoms with Gasteiger partial charge < -0.3 is 0 Å². The van der Waals surface area contributed by atoms with Crippen molar-refractivity contribution in [3.05, 3.63) is 11.8 Å².